The van der Waals surface area contributed by atoms with E-state index in [2.05, 4.69) is 5.32 Å². The summed E-state index contributed by atoms with van der Waals surface area (Å²) in [5, 5.41) is 2.80. The summed E-state index contributed by atoms with van der Waals surface area (Å²) in [7, 11) is 3.84. The van der Waals surface area contributed by atoms with Gasteiger partial charge < -0.3 is 19.4 Å². The van der Waals surface area contributed by atoms with Crippen molar-refractivity contribution in [1.29, 1.82) is 0 Å². The van der Waals surface area contributed by atoms with E-state index in [9.17, 15) is 9.59 Å². The largest absolute Gasteiger partial charge is 0.463 e. The van der Waals surface area contributed by atoms with E-state index in [-0.39, 0.29) is 18.2 Å². The Morgan fingerprint density at radius 3 is 2.69 bits per heavy atom. The maximum absolute atomic E-state index is 12.6. The van der Waals surface area contributed by atoms with Gasteiger partial charge in [-0.2, -0.15) is 0 Å². The Morgan fingerprint density at radius 2 is 1.96 bits per heavy atom. The second kappa shape index (κ2) is 7.88. The topological polar surface area (TPSA) is 76.7 Å². The lowest BCUT2D eigenvalue weighted by Gasteiger charge is -2.12. The molecule has 0 aliphatic heterocycles. The Balaban J connectivity index is 1.78. The normalized spacial score (nSPS) is 11.0. The third-order valence-electron chi connectivity index (χ3n) is 3.89. The molecule has 1 aromatic carbocycles. The molecule has 3 rings (SSSR count). The van der Waals surface area contributed by atoms with Crippen molar-refractivity contribution < 1.29 is 18.7 Å². The van der Waals surface area contributed by atoms with E-state index in [1.54, 1.807) is 12.1 Å². The summed E-state index contributed by atoms with van der Waals surface area (Å²) < 4.78 is 11.9. The molecule has 0 radical (unpaired) electrons. The molecule has 1 N–H and O–H groups in total. The van der Waals surface area contributed by atoms with Crippen molar-refractivity contribution in [1.82, 2.24) is 14.8 Å². The van der Waals surface area contributed by atoms with Gasteiger partial charge in [-0.1, -0.05) is 30.3 Å². The number of carbonyl (C=O) groups excluding carboxylic acids is 2. The van der Waals surface area contributed by atoms with Crippen molar-refractivity contribution >= 4 is 23.1 Å². The minimum Gasteiger partial charge on any atom is -0.463 e. The molecule has 0 aliphatic rings. The lowest BCUT2D eigenvalue weighted by molar-refractivity contribution is 0.0935. The minimum absolute atomic E-state index is 0.124. The molecule has 26 heavy (non-hydrogen) atoms. The molecule has 136 valence electrons. The predicted octanol–water partition coefficient (Wildman–Crippen LogP) is 2.71. The van der Waals surface area contributed by atoms with Gasteiger partial charge in [-0.25, -0.2) is 9.36 Å². The van der Waals surface area contributed by atoms with Crippen LogP contribution in [-0.2, 0) is 11.3 Å². The van der Waals surface area contributed by atoms with Crippen molar-refractivity contribution in [2.45, 2.75) is 6.61 Å². The number of furan rings is 1. The first-order valence-corrected chi connectivity index (χ1v) is 8.29. The molecule has 7 heteroatoms. The Labute approximate surface area is 151 Å². The number of ether oxygens (including phenoxy) is 1. The number of hydrogen-bond donors (Lipinski definition) is 1. The van der Waals surface area contributed by atoms with Crippen LogP contribution in [0, 0.1) is 0 Å². The van der Waals surface area contributed by atoms with Gasteiger partial charge in [-0.05, 0) is 19.7 Å². The summed E-state index contributed by atoms with van der Waals surface area (Å²) in [5.41, 5.74) is 2.02. The smallest absolute Gasteiger partial charge is 0.419 e. The maximum atomic E-state index is 12.6. The average molecular weight is 355 g/mol. The van der Waals surface area contributed by atoms with E-state index < -0.39 is 6.09 Å². The van der Waals surface area contributed by atoms with Gasteiger partial charge in [0, 0.05) is 25.2 Å². The summed E-state index contributed by atoms with van der Waals surface area (Å²) in [4.78, 5) is 27.1. The van der Waals surface area contributed by atoms with E-state index in [1.165, 1.54) is 10.8 Å². The van der Waals surface area contributed by atoms with Crippen molar-refractivity contribution in [3.8, 4) is 0 Å². The zero-order valence-electron chi connectivity index (χ0n) is 14.8. The molecule has 7 nitrogen and oxygen atoms in total. The molecule has 2 heterocycles. The molecule has 1 amide bonds. The van der Waals surface area contributed by atoms with Gasteiger partial charge in [0.15, 0.2) is 5.58 Å². The monoisotopic (exact) mass is 355 g/mol. The van der Waals surface area contributed by atoms with Gasteiger partial charge in [-0.3, -0.25) is 4.79 Å². The van der Waals surface area contributed by atoms with Crippen LogP contribution in [0.15, 0.2) is 53.1 Å². The molecule has 0 atom stereocenters. The average Bonchev–Trinajstić information content (AvgIpc) is 3.21. The fourth-order valence-electron chi connectivity index (χ4n) is 2.56. The fourth-order valence-corrected chi connectivity index (χ4v) is 2.56. The van der Waals surface area contributed by atoms with Crippen LogP contribution in [0.3, 0.4) is 0 Å². The molecule has 0 saturated heterocycles. The Hall–Kier alpha value is -3.06. The first-order chi connectivity index (χ1) is 12.6. The van der Waals surface area contributed by atoms with Crippen LogP contribution in [0.1, 0.15) is 16.1 Å². The lowest BCUT2D eigenvalue weighted by atomic mass is 10.2. The molecule has 2 aromatic heterocycles. The number of hydrogen-bond acceptors (Lipinski definition) is 5. The van der Waals surface area contributed by atoms with Gasteiger partial charge in [0.25, 0.3) is 5.91 Å². The Bertz CT molecular complexity index is 896. The molecular weight excluding hydrogens is 334 g/mol. The fraction of sp³-hybridized carbons (Fsp3) is 0.263. The molecule has 0 fully saturated rings. The first kappa shape index (κ1) is 17.8. The quantitative estimate of drug-likeness (QED) is 0.736. The number of likely N-dealkylation sites (N-methyl/N-ethyl adjacent to an activating group) is 1. The minimum atomic E-state index is -0.622. The van der Waals surface area contributed by atoms with Crippen LogP contribution < -0.4 is 5.32 Å². The first-order valence-electron chi connectivity index (χ1n) is 8.29. The van der Waals surface area contributed by atoms with Crippen LogP contribution in [0.5, 0.6) is 0 Å². The van der Waals surface area contributed by atoms with E-state index in [0.717, 1.165) is 5.56 Å². The second-order valence-corrected chi connectivity index (χ2v) is 6.13. The van der Waals surface area contributed by atoms with E-state index in [1.807, 2.05) is 49.3 Å². The summed E-state index contributed by atoms with van der Waals surface area (Å²) in [5.74, 6) is -0.352. The number of carbonyl (C=O) groups is 2. The van der Waals surface area contributed by atoms with Crippen LogP contribution >= 0.6 is 0 Å². The van der Waals surface area contributed by atoms with Crippen LogP contribution in [0.2, 0.25) is 0 Å². The van der Waals surface area contributed by atoms with Gasteiger partial charge in [-0.15, -0.1) is 0 Å². The highest BCUT2D eigenvalue weighted by atomic mass is 16.5. The molecule has 3 aromatic rings. The zero-order valence-corrected chi connectivity index (χ0v) is 14.8. The van der Waals surface area contributed by atoms with Crippen molar-refractivity contribution in [3.63, 3.8) is 0 Å². The van der Waals surface area contributed by atoms with Crippen molar-refractivity contribution in [2.75, 3.05) is 27.2 Å². The SMILES string of the molecule is CN(C)CCNC(=O)c1cc2occc2n1C(=O)OCc1ccccc1. The summed E-state index contributed by atoms with van der Waals surface area (Å²) in [6.45, 7) is 1.29. The van der Waals surface area contributed by atoms with Crippen molar-refractivity contribution in [3.05, 3.63) is 60.0 Å². The van der Waals surface area contributed by atoms with E-state index >= 15 is 0 Å². The third kappa shape index (κ3) is 3.94. The summed E-state index contributed by atoms with van der Waals surface area (Å²) in [6.07, 6.45) is 0.849. The number of nitrogens with zero attached hydrogens (tertiary/aromatic N) is 2. The predicted molar refractivity (Wildman–Crippen MR) is 97.1 cm³/mol. The van der Waals surface area contributed by atoms with E-state index in [4.69, 9.17) is 9.15 Å². The third-order valence-corrected chi connectivity index (χ3v) is 3.89. The molecule has 0 bridgehead atoms. The van der Waals surface area contributed by atoms with Crippen LogP contribution in [0.4, 0.5) is 4.79 Å². The molecular formula is C19H21N3O4. The number of aromatic nitrogens is 1. The van der Waals surface area contributed by atoms with Gasteiger partial charge in [0.1, 0.15) is 12.3 Å². The van der Waals surface area contributed by atoms with Gasteiger partial charge in [0.05, 0.1) is 11.8 Å². The molecule has 0 saturated carbocycles. The number of nitrogens with one attached hydrogen (secondary N) is 1. The molecule has 0 spiro atoms. The zero-order chi connectivity index (χ0) is 18.5. The Kier molecular flexibility index (Phi) is 5.38. The number of fused-ring (bicyclic) bond motifs is 1. The van der Waals surface area contributed by atoms with Crippen LogP contribution in [-0.4, -0.2) is 48.7 Å². The summed E-state index contributed by atoms with van der Waals surface area (Å²) >= 11 is 0. The van der Waals surface area contributed by atoms with Gasteiger partial charge in [0.2, 0.25) is 0 Å². The maximum Gasteiger partial charge on any atom is 0.419 e. The molecule has 0 aliphatic carbocycles. The van der Waals surface area contributed by atoms with Crippen molar-refractivity contribution in [2.24, 2.45) is 0 Å². The second-order valence-electron chi connectivity index (χ2n) is 6.13. The number of rotatable bonds is 6. The summed E-state index contributed by atoms with van der Waals surface area (Å²) in [6, 6.07) is 12.5. The van der Waals surface area contributed by atoms with Crippen LogP contribution in [0.25, 0.3) is 11.1 Å². The Morgan fingerprint density at radius 1 is 1.19 bits per heavy atom. The number of amides is 1. The van der Waals surface area contributed by atoms with E-state index in [0.29, 0.717) is 24.2 Å². The highest BCUT2D eigenvalue weighted by Crippen LogP contribution is 2.22. The highest BCUT2D eigenvalue weighted by molar-refractivity contribution is 6.02. The number of benzene rings is 1. The lowest BCUT2D eigenvalue weighted by Crippen LogP contribution is -2.33. The standard InChI is InChI=1S/C19H21N3O4/c1-21(2)10-9-20-18(23)16-12-17-15(8-11-25-17)22(16)19(24)26-13-14-6-4-3-5-7-14/h3-8,11-12H,9-10,13H2,1-2H3,(H,20,23). The van der Waals surface area contributed by atoms with Gasteiger partial charge >= 0.3 is 6.09 Å². The highest BCUT2D eigenvalue weighted by Gasteiger charge is 2.23. The molecule has 0 unspecified atom stereocenters.